The average Bonchev–Trinajstić information content (AvgIpc) is 2.92. The maximum absolute atomic E-state index is 12.4. The zero-order chi connectivity index (χ0) is 15.7. The van der Waals surface area contributed by atoms with E-state index in [0.717, 1.165) is 5.56 Å². The van der Waals surface area contributed by atoms with Gasteiger partial charge in [-0.15, -0.1) is 5.10 Å². The van der Waals surface area contributed by atoms with E-state index in [9.17, 15) is 4.79 Å². The highest BCUT2D eigenvalue weighted by Crippen LogP contribution is 2.22. The maximum Gasteiger partial charge on any atom is 0.278 e. The molecule has 0 spiro atoms. The van der Waals surface area contributed by atoms with Gasteiger partial charge in [-0.25, -0.2) is 0 Å². The highest BCUT2D eigenvalue weighted by Gasteiger charge is 2.25. The second-order valence-electron chi connectivity index (χ2n) is 5.07. The Labute approximate surface area is 132 Å². The molecule has 8 heteroatoms. The lowest BCUT2D eigenvalue weighted by Crippen LogP contribution is -2.41. The van der Waals surface area contributed by atoms with Crippen LogP contribution in [0.2, 0.25) is 5.02 Å². The summed E-state index contributed by atoms with van der Waals surface area (Å²) in [5, 5.41) is 8.51. The van der Waals surface area contributed by atoms with Crippen LogP contribution in [0.4, 0.5) is 5.82 Å². The molecule has 1 aromatic carbocycles. The molecule has 2 heterocycles. The molecule has 0 unspecified atom stereocenters. The molecule has 2 aromatic rings. The molecule has 0 bridgehead atoms. The Morgan fingerprint density at radius 1 is 1.36 bits per heavy atom. The first-order valence-electron chi connectivity index (χ1n) is 6.92. The van der Waals surface area contributed by atoms with E-state index in [0.29, 0.717) is 37.0 Å². The number of morpholine rings is 1. The van der Waals surface area contributed by atoms with Crippen LogP contribution in [0.25, 0.3) is 5.69 Å². The lowest BCUT2D eigenvalue weighted by atomic mass is 10.2. The van der Waals surface area contributed by atoms with Gasteiger partial charge in [0.2, 0.25) is 0 Å². The molecular weight excluding hydrogens is 306 g/mol. The van der Waals surface area contributed by atoms with Gasteiger partial charge in [-0.2, -0.15) is 4.68 Å². The minimum Gasteiger partial charge on any atom is -0.382 e. The summed E-state index contributed by atoms with van der Waals surface area (Å²) in [6.45, 7) is 4.01. The van der Waals surface area contributed by atoms with E-state index in [1.807, 2.05) is 19.1 Å². The summed E-state index contributed by atoms with van der Waals surface area (Å²) in [4.78, 5) is 14.1. The summed E-state index contributed by atoms with van der Waals surface area (Å²) in [6, 6.07) is 5.43. The number of anilines is 1. The fourth-order valence-electron chi connectivity index (χ4n) is 2.26. The van der Waals surface area contributed by atoms with E-state index in [4.69, 9.17) is 22.1 Å². The molecule has 1 fully saturated rings. The Balaban J connectivity index is 1.91. The number of rotatable bonds is 2. The first-order chi connectivity index (χ1) is 10.6. The van der Waals surface area contributed by atoms with Crippen LogP contribution in [0.15, 0.2) is 18.2 Å². The number of aryl methyl sites for hydroxylation is 1. The summed E-state index contributed by atoms with van der Waals surface area (Å²) in [6.07, 6.45) is 0. The summed E-state index contributed by atoms with van der Waals surface area (Å²) in [7, 11) is 0. The third kappa shape index (κ3) is 2.65. The summed E-state index contributed by atoms with van der Waals surface area (Å²) in [5.41, 5.74) is 7.82. The number of benzene rings is 1. The van der Waals surface area contributed by atoms with Gasteiger partial charge < -0.3 is 15.4 Å². The van der Waals surface area contributed by atoms with Crippen molar-refractivity contribution in [2.45, 2.75) is 6.92 Å². The second kappa shape index (κ2) is 5.94. The smallest absolute Gasteiger partial charge is 0.278 e. The van der Waals surface area contributed by atoms with E-state index in [2.05, 4.69) is 10.3 Å². The molecule has 0 aliphatic carbocycles. The monoisotopic (exact) mass is 321 g/mol. The van der Waals surface area contributed by atoms with Crippen LogP contribution in [0.3, 0.4) is 0 Å². The Bertz CT molecular complexity index is 709. The Morgan fingerprint density at radius 2 is 2.09 bits per heavy atom. The van der Waals surface area contributed by atoms with Gasteiger partial charge in [0.15, 0.2) is 11.5 Å². The topological polar surface area (TPSA) is 86.3 Å². The zero-order valence-corrected chi connectivity index (χ0v) is 12.9. The third-order valence-corrected chi connectivity index (χ3v) is 4.01. The van der Waals surface area contributed by atoms with Gasteiger partial charge in [-0.1, -0.05) is 22.9 Å². The number of halogens is 1. The van der Waals surface area contributed by atoms with Gasteiger partial charge in [0.25, 0.3) is 5.91 Å². The largest absolute Gasteiger partial charge is 0.382 e. The number of carbonyl (C=O) groups excluding carboxylic acids is 1. The van der Waals surface area contributed by atoms with Crippen LogP contribution in [0.1, 0.15) is 16.1 Å². The number of hydrogen-bond acceptors (Lipinski definition) is 5. The van der Waals surface area contributed by atoms with Crippen molar-refractivity contribution in [3.63, 3.8) is 0 Å². The number of ether oxygens (including phenoxy) is 1. The maximum atomic E-state index is 12.4. The SMILES string of the molecule is Cc1ccc(-n2nnc(C(=O)N3CCOCC3)c2N)cc1Cl. The molecular formula is C14H16ClN5O2. The van der Waals surface area contributed by atoms with Crippen LogP contribution in [0, 0.1) is 6.92 Å². The molecule has 0 saturated carbocycles. The predicted molar refractivity (Wildman–Crippen MR) is 82.2 cm³/mol. The minimum absolute atomic E-state index is 0.151. The standard InChI is InChI=1S/C14H16ClN5O2/c1-9-2-3-10(8-11(9)15)20-13(16)12(17-18-20)14(21)19-4-6-22-7-5-19/h2-3,8H,4-7,16H2,1H3. The summed E-state index contributed by atoms with van der Waals surface area (Å²) < 4.78 is 6.65. The highest BCUT2D eigenvalue weighted by atomic mass is 35.5. The van der Waals surface area contributed by atoms with Crippen molar-refractivity contribution in [3.8, 4) is 5.69 Å². The fourth-order valence-corrected chi connectivity index (χ4v) is 2.44. The zero-order valence-electron chi connectivity index (χ0n) is 12.1. The molecule has 0 atom stereocenters. The van der Waals surface area contributed by atoms with Crippen molar-refractivity contribution in [2.75, 3.05) is 32.0 Å². The molecule has 1 aliphatic rings. The number of carbonyl (C=O) groups is 1. The van der Waals surface area contributed by atoms with Gasteiger partial charge in [0.05, 0.1) is 18.9 Å². The van der Waals surface area contributed by atoms with Crippen LogP contribution < -0.4 is 5.73 Å². The number of nitrogens with zero attached hydrogens (tertiary/aromatic N) is 4. The van der Waals surface area contributed by atoms with Crippen molar-refractivity contribution < 1.29 is 9.53 Å². The van der Waals surface area contributed by atoms with Crippen LogP contribution in [-0.4, -0.2) is 52.1 Å². The average molecular weight is 322 g/mol. The van der Waals surface area contributed by atoms with Gasteiger partial charge in [-0.05, 0) is 24.6 Å². The first-order valence-corrected chi connectivity index (χ1v) is 7.30. The molecule has 7 nitrogen and oxygen atoms in total. The molecule has 22 heavy (non-hydrogen) atoms. The van der Waals surface area contributed by atoms with E-state index >= 15 is 0 Å². The van der Waals surface area contributed by atoms with Crippen molar-refractivity contribution >= 4 is 23.3 Å². The molecule has 2 N–H and O–H groups in total. The Morgan fingerprint density at radius 3 is 2.77 bits per heavy atom. The lowest BCUT2D eigenvalue weighted by Gasteiger charge is -2.26. The van der Waals surface area contributed by atoms with Gasteiger partial charge >= 0.3 is 0 Å². The van der Waals surface area contributed by atoms with Crippen molar-refractivity contribution in [1.82, 2.24) is 19.9 Å². The van der Waals surface area contributed by atoms with E-state index in [-0.39, 0.29) is 17.4 Å². The molecule has 1 aliphatic heterocycles. The number of amides is 1. The van der Waals surface area contributed by atoms with Crippen molar-refractivity contribution in [3.05, 3.63) is 34.5 Å². The summed E-state index contributed by atoms with van der Waals surface area (Å²) in [5.74, 6) is -0.0262. The Kier molecular flexibility index (Phi) is 4.00. The van der Waals surface area contributed by atoms with Gasteiger partial charge in [-0.3, -0.25) is 4.79 Å². The first kappa shape index (κ1) is 14.8. The van der Waals surface area contributed by atoms with Gasteiger partial charge in [0.1, 0.15) is 0 Å². The lowest BCUT2D eigenvalue weighted by molar-refractivity contribution is 0.0299. The quantitative estimate of drug-likeness (QED) is 0.900. The van der Waals surface area contributed by atoms with Crippen molar-refractivity contribution in [2.24, 2.45) is 0 Å². The van der Waals surface area contributed by atoms with E-state index in [1.54, 1.807) is 11.0 Å². The van der Waals surface area contributed by atoms with Crippen LogP contribution in [-0.2, 0) is 4.74 Å². The van der Waals surface area contributed by atoms with Crippen LogP contribution >= 0.6 is 11.6 Å². The van der Waals surface area contributed by atoms with E-state index in [1.165, 1.54) is 4.68 Å². The number of nitrogen functional groups attached to an aromatic ring is 1. The Hall–Kier alpha value is -2.12. The molecule has 0 radical (unpaired) electrons. The minimum atomic E-state index is -0.231. The second-order valence-corrected chi connectivity index (χ2v) is 5.48. The predicted octanol–water partition coefficient (Wildman–Crippen LogP) is 1.28. The number of hydrogen-bond donors (Lipinski definition) is 1. The van der Waals surface area contributed by atoms with Gasteiger partial charge in [0, 0.05) is 18.1 Å². The molecule has 1 saturated heterocycles. The van der Waals surface area contributed by atoms with E-state index < -0.39 is 0 Å². The molecule has 1 aromatic heterocycles. The molecule has 1 amide bonds. The molecule has 3 rings (SSSR count). The number of nitrogens with two attached hydrogens (primary N) is 1. The number of aromatic nitrogens is 3. The van der Waals surface area contributed by atoms with Crippen molar-refractivity contribution in [1.29, 1.82) is 0 Å². The third-order valence-electron chi connectivity index (χ3n) is 3.61. The fraction of sp³-hybridized carbons (Fsp3) is 0.357. The molecule has 116 valence electrons. The summed E-state index contributed by atoms with van der Waals surface area (Å²) >= 11 is 6.12. The normalized spacial score (nSPS) is 15.1. The van der Waals surface area contributed by atoms with Crippen LogP contribution in [0.5, 0.6) is 0 Å². The highest BCUT2D eigenvalue weighted by molar-refractivity contribution is 6.31.